The Morgan fingerprint density at radius 3 is 2.48 bits per heavy atom. The van der Waals surface area contributed by atoms with Crippen LogP contribution in [0.15, 0.2) is 54.6 Å². The summed E-state index contributed by atoms with van der Waals surface area (Å²) in [4.78, 5) is 26.9. The number of nitrogens with two attached hydrogens (primary N) is 1. The minimum Gasteiger partial charge on any atom is -0.346 e. The van der Waals surface area contributed by atoms with Gasteiger partial charge in [-0.2, -0.15) is 0 Å². The average molecular weight is 365 g/mol. The molecule has 5 nitrogen and oxygen atoms in total. The van der Waals surface area contributed by atoms with Crippen molar-refractivity contribution >= 4 is 11.8 Å². The van der Waals surface area contributed by atoms with E-state index in [1.165, 1.54) is 5.56 Å². The number of hydrogen-bond donors (Lipinski definition) is 2. The second-order valence-electron chi connectivity index (χ2n) is 7.34. The number of hydrogen-bond acceptors (Lipinski definition) is 3. The van der Waals surface area contributed by atoms with Crippen LogP contribution in [0.1, 0.15) is 36.6 Å². The van der Waals surface area contributed by atoms with Crippen LogP contribution in [0, 0.1) is 5.92 Å². The van der Waals surface area contributed by atoms with E-state index in [1.54, 1.807) is 0 Å². The van der Waals surface area contributed by atoms with Crippen molar-refractivity contribution in [2.75, 3.05) is 13.1 Å². The molecule has 1 unspecified atom stereocenters. The Hall–Kier alpha value is -2.66. The first kappa shape index (κ1) is 19.1. The van der Waals surface area contributed by atoms with E-state index >= 15 is 0 Å². The molecule has 0 radical (unpaired) electrons. The number of fused-ring (bicyclic) bond motifs is 1. The van der Waals surface area contributed by atoms with Gasteiger partial charge in [-0.05, 0) is 29.0 Å². The smallest absolute Gasteiger partial charge is 0.242 e. The minimum atomic E-state index is -0.607. The fraction of sp³-hybridized carbons (Fsp3) is 0.364. The maximum absolute atomic E-state index is 13.0. The van der Waals surface area contributed by atoms with Crippen LogP contribution in [-0.2, 0) is 16.0 Å². The van der Waals surface area contributed by atoms with Gasteiger partial charge in [0, 0.05) is 6.54 Å². The highest BCUT2D eigenvalue weighted by Crippen LogP contribution is 2.34. The molecule has 0 aromatic heterocycles. The third-order valence-electron chi connectivity index (χ3n) is 5.15. The zero-order chi connectivity index (χ0) is 19.4. The number of carbonyl (C=O) groups excluding carboxylic acids is 2. The highest BCUT2D eigenvalue weighted by molar-refractivity contribution is 5.88. The second kappa shape index (κ2) is 8.35. The Labute approximate surface area is 160 Å². The maximum atomic E-state index is 13.0. The molecule has 0 saturated carbocycles. The van der Waals surface area contributed by atoms with Crippen LogP contribution in [0.5, 0.6) is 0 Å². The molecule has 1 aliphatic heterocycles. The van der Waals surface area contributed by atoms with Crippen LogP contribution in [0.25, 0.3) is 0 Å². The second-order valence-corrected chi connectivity index (χ2v) is 7.34. The summed E-state index contributed by atoms with van der Waals surface area (Å²) < 4.78 is 0. The van der Waals surface area contributed by atoms with Crippen LogP contribution < -0.4 is 11.1 Å². The Kier molecular flexibility index (Phi) is 5.91. The van der Waals surface area contributed by atoms with Crippen molar-refractivity contribution in [2.45, 2.75) is 32.4 Å². The SMILES string of the molecule is CC(C)[C@H](N)C(=O)NCC(=O)N1CCc2ccccc2C1c1ccccc1. The molecule has 142 valence electrons. The van der Waals surface area contributed by atoms with E-state index in [9.17, 15) is 9.59 Å². The van der Waals surface area contributed by atoms with Crippen molar-refractivity contribution < 1.29 is 9.59 Å². The van der Waals surface area contributed by atoms with E-state index in [0.29, 0.717) is 6.54 Å². The lowest BCUT2D eigenvalue weighted by molar-refractivity contribution is -0.135. The molecule has 3 rings (SSSR count). The lowest BCUT2D eigenvalue weighted by Crippen LogP contribution is -2.49. The van der Waals surface area contributed by atoms with Crippen molar-refractivity contribution in [1.29, 1.82) is 0 Å². The van der Waals surface area contributed by atoms with Gasteiger partial charge >= 0.3 is 0 Å². The van der Waals surface area contributed by atoms with Crippen molar-refractivity contribution in [1.82, 2.24) is 10.2 Å². The van der Waals surface area contributed by atoms with Gasteiger partial charge in [-0.1, -0.05) is 68.4 Å². The molecule has 2 aromatic carbocycles. The molecule has 1 aliphatic rings. The molecule has 0 spiro atoms. The van der Waals surface area contributed by atoms with Gasteiger partial charge in [0.15, 0.2) is 0 Å². The number of nitrogens with zero attached hydrogens (tertiary/aromatic N) is 1. The standard InChI is InChI=1S/C22H27N3O2/c1-15(2)20(23)22(27)24-14-19(26)25-13-12-16-8-6-7-11-18(16)21(25)17-9-4-3-5-10-17/h3-11,15,20-21H,12-14,23H2,1-2H3,(H,24,27)/t20-,21?/m0/s1. The van der Waals surface area contributed by atoms with E-state index in [4.69, 9.17) is 5.73 Å². The molecule has 2 atom stereocenters. The molecule has 5 heteroatoms. The average Bonchev–Trinajstić information content (AvgIpc) is 2.70. The van der Waals surface area contributed by atoms with Gasteiger partial charge < -0.3 is 16.0 Å². The summed E-state index contributed by atoms with van der Waals surface area (Å²) in [6.45, 7) is 4.37. The Balaban J connectivity index is 1.81. The summed E-state index contributed by atoms with van der Waals surface area (Å²) in [5, 5.41) is 2.70. The van der Waals surface area contributed by atoms with Gasteiger partial charge in [-0.25, -0.2) is 0 Å². The summed E-state index contributed by atoms with van der Waals surface area (Å²) >= 11 is 0. The highest BCUT2D eigenvalue weighted by Gasteiger charge is 2.32. The van der Waals surface area contributed by atoms with Gasteiger partial charge in [0.05, 0.1) is 18.6 Å². The Morgan fingerprint density at radius 2 is 1.78 bits per heavy atom. The molecule has 0 saturated heterocycles. The quantitative estimate of drug-likeness (QED) is 0.853. The van der Waals surface area contributed by atoms with Gasteiger partial charge in [0.1, 0.15) is 0 Å². The van der Waals surface area contributed by atoms with E-state index in [1.807, 2.05) is 61.2 Å². The molecular weight excluding hydrogens is 338 g/mol. The zero-order valence-corrected chi connectivity index (χ0v) is 15.9. The van der Waals surface area contributed by atoms with Crippen LogP contribution >= 0.6 is 0 Å². The van der Waals surface area contributed by atoms with Crippen LogP contribution in [0.4, 0.5) is 0 Å². The zero-order valence-electron chi connectivity index (χ0n) is 15.9. The predicted octanol–water partition coefficient (Wildman–Crippen LogP) is 2.26. The first-order valence-corrected chi connectivity index (χ1v) is 9.44. The maximum Gasteiger partial charge on any atom is 0.242 e. The molecule has 0 aliphatic carbocycles. The van der Waals surface area contributed by atoms with Crippen molar-refractivity contribution in [2.24, 2.45) is 11.7 Å². The predicted molar refractivity (Wildman–Crippen MR) is 106 cm³/mol. The number of rotatable bonds is 5. The lowest BCUT2D eigenvalue weighted by Gasteiger charge is -2.38. The van der Waals surface area contributed by atoms with Gasteiger partial charge in [0.2, 0.25) is 11.8 Å². The van der Waals surface area contributed by atoms with Crippen molar-refractivity contribution in [3.05, 3.63) is 71.3 Å². The molecule has 3 N–H and O–H groups in total. The van der Waals surface area contributed by atoms with E-state index in [0.717, 1.165) is 17.5 Å². The number of carbonyl (C=O) groups is 2. The fourth-order valence-electron chi connectivity index (χ4n) is 3.51. The summed E-state index contributed by atoms with van der Waals surface area (Å²) in [5.74, 6) is -0.353. The third-order valence-corrected chi connectivity index (χ3v) is 5.15. The molecule has 1 heterocycles. The van der Waals surface area contributed by atoms with E-state index in [-0.39, 0.29) is 30.3 Å². The molecule has 0 bridgehead atoms. The Morgan fingerprint density at radius 1 is 1.11 bits per heavy atom. The van der Waals surface area contributed by atoms with E-state index in [2.05, 4.69) is 17.4 Å². The number of nitrogens with one attached hydrogen (secondary N) is 1. The van der Waals surface area contributed by atoms with Crippen LogP contribution in [0.3, 0.4) is 0 Å². The first-order valence-electron chi connectivity index (χ1n) is 9.44. The van der Waals surface area contributed by atoms with Gasteiger partial charge in [-0.3, -0.25) is 9.59 Å². The van der Waals surface area contributed by atoms with Crippen molar-refractivity contribution in [3.63, 3.8) is 0 Å². The number of amides is 2. The summed E-state index contributed by atoms with van der Waals surface area (Å²) in [7, 11) is 0. The highest BCUT2D eigenvalue weighted by atomic mass is 16.2. The van der Waals surface area contributed by atoms with Crippen LogP contribution in [0.2, 0.25) is 0 Å². The monoisotopic (exact) mass is 365 g/mol. The van der Waals surface area contributed by atoms with Gasteiger partial charge in [0.25, 0.3) is 0 Å². The summed E-state index contributed by atoms with van der Waals surface area (Å²) in [5.41, 5.74) is 9.35. The van der Waals surface area contributed by atoms with Crippen molar-refractivity contribution in [3.8, 4) is 0 Å². The minimum absolute atomic E-state index is 0.0269. The Bertz CT molecular complexity index is 804. The number of benzene rings is 2. The summed E-state index contributed by atoms with van der Waals surface area (Å²) in [6.07, 6.45) is 0.810. The van der Waals surface area contributed by atoms with Gasteiger partial charge in [-0.15, -0.1) is 0 Å². The molecule has 2 aromatic rings. The third kappa shape index (κ3) is 4.19. The first-order chi connectivity index (χ1) is 13.0. The normalized spacial score (nSPS) is 17.3. The van der Waals surface area contributed by atoms with E-state index < -0.39 is 6.04 Å². The van der Waals surface area contributed by atoms with Crippen LogP contribution in [-0.4, -0.2) is 35.8 Å². The molecule has 2 amide bonds. The largest absolute Gasteiger partial charge is 0.346 e. The topological polar surface area (TPSA) is 75.4 Å². The summed E-state index contributed by atoms with van der Waals surface area (Å²) in [6, 6.07) is 17.5. The lowest BCUT2D eigenvalue weighted by atomic mass is 9.88. The molecule has 0 fully saturated rings. The molecular formula is C22H27N3O2. The molecule has 27 heavy (non-hydrogen) atoms. The fourth-order valence-corrected chi connectivity index (χ4v) is 3.51.